The van der Waals surface area contributed by atoms with Gasteiger partial charge in [0, 0.05) is 5.02 Å². The first-order valence-corrected chi connectivity index (χ1v) is 15.3. The minimum Gasteiger partial charge on any atom is -0.503 e. The number of halogens is 1. The van der Waals surface area contributed by atoms with Crippen LogP contribution in [0.4, 0.5) is 5.13 Å². The summed E-state index contributed by atoms with van der Waals surface area (Å²) < 4.78 is 12.7. The molecule has 1 unspecified atom stereocenters. The number of anilines is 1. The second kappa shape index (κ2) is 11.8. The third-order valence-corrected chi connectivity index (χ3v) is 8.97. The van der Waals surface area contributed by atoms with Crippen molar-refractivity contribution in [3.8, 4) is 11.5 Å². The van der Waals surface area contributed by atoms with Crippen molar-refractivity contribution >= 4 is 61.3 Å². The fourth-order valence-electron chi connectivity index (χ4n) is 4.69. The van der Waals surface area contributed by atoms with Gasteiger partial charge in [0.2, 0.25) is 5.78 Å². The molecule has 4 aromatic rings. The Labute approximate surface area is 251 Å². The molecule has 0 saturated heterocycles. The van der Waals surface area contributed by atoms with Gasteiger partial charge in [-0.25, -0.2) is 9.97 Å². The first kappa shape index (κ1) is 29.0. The zero-order valence-corrected chi connectivity index (χ0v) is 25.7. The number of hydrogen-bond acceptors (Lipinski definition) is 9. The maximum absolute atomic E-state index is 14.0. The molecule has 0 spiro atoms. The molecule has 214 valence electrons. The van der Waals surface area contributed by atoms with E-state index in [1.807, 2.05) is 13.8 Å². The Balaban J connectivity index is 1.64. The standard InChI is InChI=1S/C30H30ClN3O5S2/c1-6-38-22-13-18(7-10-21(22)39-12-11-15(2)3)25-24(26(35)28-16(4)32-17(5)40-28)27(36)29(37)34(25)30-33-20-9-8-19(31)14-23(20)41-30/h7-10,13-15,25,36H,6,11-12H2,1-5H3. The summed E-state index contributed by atoms with van der Waals surface area (Å²) in [5, 5.41) is 12.8. The van der Waals surface area contributed by atoms with Crippen molar-refractivity contribution in [2.24, 2.45) is 5.92 Å². The van der Waals surface area contributed by atoms with Gasteiger partial charge >= 0.3 is 0 Å². The molecule has 0 fully saturated rings. The molecule has 2 aromatic carbocycles. The molecule has 0 saturated carbocycles. The summed E-state index contributed by atoms with van der Waals surface area (Å²) in [5.41, 5.74) is 1.73. The van der Waals surface area contributed by atoms with E-state index in [-0.39, 0.29) is 5.57 Å². The van der Waals surface area contributed by atoms with E-state index in [1.54, 1.807) is 43.3 Å². The number of hydrogen-bond donors (Lipinski definition) is 1. The van der Waals surface area contributed by atoms with Gasteiger partial charge in [-0.1, -0.05) is 42.9 Å². The molecule has 11 heteroatoms. The molecule has 41 heavy (non-hydrogen) atoms. The number of ether oxygens (including phenoxy) is 2. The molecule has 8 nitrogen and oxygen atoms in total. The van der Waals surface area contributed by atoms with Crippen LogP contribution in [0, 0.1) is 19.8 Å². The first-order chi connectivity index (χ1) is 19.6. The first-order valence-electron chi connectivity index (χ1n) is 13.3. The molecular formula is C30H30ClN3O5S2. The predicted octanol–water partition coefficient (Wildman–Crippen LogP) is 7.63. The van der Waals surface area contributed by atoms with Gasteiger partial charge in [-0.3, -0.25) is 14.5 Å². The fraction of sp³-hybridized carbons (Fsp3) is 0.333. The van der Waals surface area contributed by atoms with Gasteiger partial charge in [-0.05, 0) is 69.0 Å². The van der Waals surface area contributed by atoms with Crippen LogP contribution in [0.15, 0.2) is 47.7 Å². The third kappa shape index (κ3) is 5.68. The highest BCUT2D eigenvalue weighted by Crippen LogP contribution is 2.46. The normalized spacial score (nSPS) is 15.4. The molecular weight excluding hydrogens is 582 g/mol. The van der Waals surface area contributed by atoms with Gasteiger partial charge in [-0.2, -0.15) is 0 Å². The Morgan fingerprint density at radius 2 is 1.88 bits per heavy atom. The van der Waals surface area contributed by atoms with E-state index in [2.05, 4.69) is 23.8 Å². The number of aliphatic hydroxyl groups excluding tert-OH is 1. The number of nitrogens with zero attached hydrogens (tertiary/aromatic N) is 3. The van der Waals surface area contributed by atoms with E-state index in [1.165, 1.54) is 27.6 Å². The van der Waals surface area contributed by atoms with E-state index in [9.17, 15) is 14.7 Å². The number of Topliss-reactive ketones (excluding diaryl/α,β-unsaturated/α-hetero) is 1. The quantitative estimate of drug-likeness (QED) is 0.184. The van der Waals surface area contributed by atoms with E-state index < -0.39 is 23.5 Å². The van der Waals surface area contributed by atoms with Crippen LogP contribution in [0.3, 0.4) is 0 Å². The van der Waals surface area contributed by atoms with Crippen LogP contribution in [-0.4, -0.2) is 40.0 Å². The molecule has 2 aromatic heterocycles. The summed E-state index contributed by atoms with van der Waals surface area (Å²) in [5.74, 6) is -0.245. The minimum absolute atomic E-state index is 0.0324. The van der Waals surface area contributed by atoms with Gasteiger partial charge in [-0.15, -0.1) is 11.3 Å². The number of benzene rings is 2. The van der Waals surface area contributed by atoms with Gasteiger partial charge in [0.05, 0.1) is 50.6 Å². The van der Waals surface area contributed by atoms with Crippen LogP contribution in [0.1, 0.15) is 59.2 Å². The number of thiazole rings is 2. The van der Waals surface area contributed by atoms with Crippen molar-refractivity contribution in [1.82, 2.24) is 9.97 Å². The lowest BCUT2D eigenvalue weighted by Crippen LogP contribution is -2.31. The summed E-state index contributed by atoms with van der Waals surface area (Å²) in [6, 6.07) is 9.64. The Morgan fingerprint density at radius 1 is 1.10 bits per heavy atom. The molecule has 1 atom stereocenters. The monoisotopic (exact) mass is 611 g/mol. The van der Waals surface area contributed by atoms with Gasteiger partial charge in [0.25, 0.3) is 5.91 Å². The highest BCUT2D eigenvalue weighted by Gasteiger charge is 2.46. The smallest absolute Gasteiger partial charge is 0.296 e. The molecule has 0 aliphatic carbocycles. The number of carbonyl (C=O) groups is 2. The summed E-state index contributed by atoms with van der Waals surface area (Å²) >= 11 is 8.69. The third-order valence-electron chi connectivity index (χ3n) is 6.64. The zero-order chi connectivity index (χ0) is 29.4. The summed E-state index contributed by atoms with van der Waals surface area (Å²) in [7, 11) is 0. The van der Waals surface area contributed by atoms with Crippen LogP contribution in [0.5, 0.6) is 11.5 Å². The van der Waals surface area contributed by atoms with Crippen molar-refractivity contribution in [2.75, 3.05) is 18.1 Å². The van der Waals surface area contributed by atoms with Crippen molar-refractivity contribution < 1.29 is 24.2 Å². The summed E-state index contributed by atoms with van der Waals surface area (Å²) in [6.07, 6.45) is 0.878. The average Bonchev–Trinajstić information content (AvgIpc) is 3.57. The largest absolute Gasteiger partial charge is 0.503 e. The van der Waals surface area contributed by atoms with Crippen molar-refractivity contribution in [1.29, 1.82) is 0 Å². The number of carbonyl (C=O) groups excluding carboxylic acids is 2. The molecule has 0 bridgehead atoms. The highest BCUT2D eigenvalue weighted by molar-refractivity contribution is 7.22. The average molecular weight is 612 g/mol. The summed E-state index contributed by atoms with van der Waals surface area (Å²) in [4.78, 5) is 38.5. The van der Waals surface area contributed by atoms with Crippen LogP contribution >= 0.6 is 34.3 Å². The maximum Gasteiger partial charge on any atom is 0.296 e. The summed E-state index contributed by atoms with van der Waals surface area (Å²) in [6.45, 7) is 10.6. The van der Waals surface area contributed by atoms with Crippen LogP contribution < -0.4 is 14.4 Å². The maximum atomic E-state index is 14.0. The van der Waals surface area contributed by atoms with Gasteiger partial charge in [0.15, 0.2) is 22.4 Å². The van der Waals surface area contributed by atoms with Crippen molar-refractivity contribution in [2.45, 2.75) is 47.1 Å². The lowest BCUT2D eigenvalue weighted by molar-refractivity contribution is -0.117. The Morgan fingerprint density at radius 3 is 2.56 bits per heavy atom. The van der Waals surface area contributed by atoms with E-state index >= 15 is 0 Å². The molecule has 3 heterocycles. The zero-order valence-electron chi connectivity index (χ0n) is 23.4. The lowest BCUT2D eigenvalue weighted by atomic mass is 9.95. The molecule has 1 aliphatic heterocycles. The highest BCUT2D eigenvalue weighted by atomic mass is 35.5. The molecule has 5 rings (SSSR count). The Bertz CT molecular complexity index is 1680. The van der Waals surface area contributed by atoms with Crippen LogP contribution in [-0.2, 0) is 4.79 Å². The van der Waals surface area contributed by atoms with Gasteiger partial charge < -0.3 is 14.6 Å². The molecule has 1 amide bonds. The van der Waals surface area contributed by atoms with Gasteiger partial charge in [0.1, 0.15) is 0 Å². The van der Waals surface area contributed by atoms with Crippen molar-refractivity contribution in [3.05, 3.63) is 73.9 Å². The van der Waals surface area contributed by atoms with Crippen LogP contribution in [0.2, 0.25) is 5.02 Å². The van der Waals surface area contributed by atoms with E-state index in [0.717, 1.165) is 11.1 Å². The fourth-order valence-corrected chi connectivity index (χ4v) is 6.83. The molecule has 1 aliphatic rings. The number of aryl methyl sites for hydroxylation is 2. The van der Waals surface area contributed by atoms with Crippen LogP contribution in [0.25, 0.3) is 10.2 Å². The Hall–Kier alpha value is -3.47. The van der Waals surface area contributed by atoms with E-state index in [4.69, 9.17) is 21.1 Å². The molecule has 0 radical (unpaired) electrons. The number of rotatable bonds is 10. The SMILES string of the molecule is CCOc1cc(C2C(C(=O)c3sc(C)nc3C)=C(O)C(=O)N2c2nc3ccc(Cl)cc3s2)ccc1OCCC(C)C. The number of aromatic nitrogens is 2. The number of amides is 1. The topological polar surface area (TPSA) is 102 Å². The Kier molecular flexibility index (Phi) is 8.35. The minimum atomic E-state index is -0.961. The second-order valence-electron chi connectivity index (χ2n) is 10.1. The van der Waals surface area contributed by atoms with Crippen molar-refractivity contribution in [3.63, 3.8) is 0 Å². The number of ketones is 1. The number of aliphatic hydroxyl groups is 1. The predicted molar refractivity (Wildman–Crippen MR) is 163 cm³/mol. The lowest BCUT2D eigenvalue weighted by Gasteiger charge is -2.25. The number of fused-ring (bicyclic) bond motifs is 1. The second-order valence-corrected chi connectivity index (χ2v) is 12.7. The van der Waals surface area contributed by atoms with E-state index in [0.29, 0.717) is 67.4 Å². The molecule has 1 N–H and O–H groups in total.